The predicted molar refractivity (Wildman–Crippen MR) is 81.7 cm³/mol. The summed E-state index contributed by atoms with van der Waals surface area (Å²) < 4.78 is 38.1. The molecule has 0 atom stereocenters. The Labute approximate surface area is 129 Å². The van der Waals surface area contributed by atoms with Gasteiger partial charge < -0.3 is 10.2 Å². The van der Waals surface area contributed by atoms with Gasteiger partial charge in [0, 0.05) is 18.8 Å². The summed E-state index contributed by atoms with van der Waals surface area (Å²) in [4.78, 5) is 13.9. The molecular formula is C16H23F3N2O. The van der Waals surface area contributed by atoms with Crippen LogP contribution < -0.4 is 5.32 Å². The zero-order chi connectivity index (χ0) is 16.9. The van der Waals surface area contributed by atoms with Gasteiger partial charge in [-0.05, 0) is 30.0 Å². The summed E-state index contributed by atoms with van der Waals surface area (Å²) in [6.45, 7) is 9.08. The van der Waals surface area contributed by atoms with E-state index in [1.54, 1.807) is 4.90 Å². The van der Waals surface area contributed by atoms with E-state index in [0.717, 1.165) is 12.1 Å². The number of carbonyl (C=O) groups is 1. The van der Waals surface area contributed by atoms with E-state index < -0.39 is 11.7 Å². The molecule has 0 saturated heterocycles. The Morgan fingerprint density at radius 1 is 1.14 bits per heavy atom. The van der Waals surface area contributed by atoms with E-state index in [1.165, 1.54) is 12.1 Å². The van der Waals surface area contributed by atoms with E-state index in [0.29, 0.717) is 13.1 Å². The highest BCUT2D eigenvalue weighted by atomic mass is 19.4. The molecule has 0 aromatic heterocycles. The molecule has 0 heterocycles. The topological polar surface area (TPSA) is 32.3 Å². The Morgan fingerprint density at radius 2 is 1.68 bits per heavy atom. The number of urea groups is 1. The quantitative estimate of drug-likeness (QED) is 0.827. The Balaban J connectivity index is 2.84. The van der Waals surface area contributed by atoms with Crippen LogP contribution in [0.4, 0.5) is 23.7 Å². The molecule has 0 saturated carbocycles. The third-order valence-corrected chi connectivity index (χ3v) is 2.90. The lowest BCUT2D eigenvalue weighted by Gasteiger charge is -2.26. The van der Waals surface area contributed by atoms with Crippen LogP contribution in [0.15, 0.2) is 24.3 Å². The number of nitrogens with one attached hydrogen (secondary N) is 1. The lowest BCUT2D eigenvalue weighted by atomic mass is 10.1. The summed E-state index contributed by atoms with van der Waals surface area (Å²) in [5.74, 6) is 0.567. The summed E-state index contributed by atoms with van der Waals surface area (Å²) in [6.07, 6.45) is -4.42. The molecule has 1 aromatic carbocycles. The Bertz CT molecular complexity index is 488. The lowest BCUT2D eigenvalue weighted by molar-refractivity contribution is -0.137. The molecule has 124 valence electrons. The third-order valence-electron chi connectivity index (χ3n) is 2.90. The van der Waals surface area contributed by atoms with Crippen molar-refractivity contribution in [1.29, 1.82) is 0 Å². The van der Waals surface area contributed by atoms with E-state index in [9.17, 15) is 18.0 Å². The van der Waals surface area contributed by atoms with Crippen LogP contribution in [0.25, 0.3) is 0 Å². The van der Waals surface area contributed by atoms with Gasteiger partial charge in [0.05, 0.1) is 5.56 Å². The van der Waals surface area contributed by atoms with Crippen LogP contribution in [0.3, 0.4) is 0 Å². The Morgan fingerprint density at radius 3 is 2.14 bits per heavy atom. The molecule has 0 radical (unpaired) electrons. The van der Waals surface area contributed by atoms with Gasteiger partial charge in [-0.1, -0.05) is 33.8 Å². The minimum atomic E-state index is -4.42. The maximum atomic E-state index is 12.7. The van der Waals surface area contributed by atoms with Crippen molar-refractivity contribution in [3.63, 3.8) is 0 Å². The molecule has 0 bridgehead atoms. The Hall–Kier alpha value is -1.72. The predicted octanol–water partition coefficient (Wildman–Crippen LogP) is 4.85. The number of nitrogens with zero attached hydrogens (tertiary/aromatic N) is 1. The van der Waals surface area contributed by atoms with Gasteiger partial charge >= 0.3 is 12.2 Å². The molecule has 0 aliphatic heterocycles. The molecule has 0 unspecified atom stereocenters. The van der Waals surface area contributed by atoms with Gasteiger partial charge in [-0.25, -0.2) is 4.79 Å². The molecule has 6 heteroatoms. The number of halogens is 3. The first kappa shape index (κ1) is 18.3. The first-order valence-electron chi connectivity index (χ1n) is 7.32. The SMILES string of the molecule is CC(C)CN(CC(C)C)C(=O)Nc1cccc(C(F)(F)F)c1. The molecule has 0 aliphatic rings. The van der Waals surface area contributed by atoms with Crippen molar-refractivity contribution in [2.45, 2.75) is 33.9 Å². The maximum Gasteiger partial charge on any atom is 0.416 e. The summed E-state index contributed by atoms with van der Waals surface area (Å²) >= 11 is 0. The van der Waals surface area contributed by atoms with Crippen molar-refractivity contribution in [2.75, 3.05) is 18.4 Å². The average Bonchev–Trinajstić information content (AvgIpc) is 2.36. The van der Waals surface area contributed by atoms with E-state index in [2.05, 4.69) is 5.32 Å². The number of anilines is 1. The van der Waals surface area contributed by atoms with Crippen molar-refractivity contribution in [3.05, 3.63) is 29.8 Å². The van der Waals surface area contributed by atoms with Gasteiger partial charge in [0.25, 0.3) is 0 Å². The van der Waals surface area contributed by atoms with E-state index >= 15 is 0 Å². The molecule has 3 nitrogen and oxygen atoms in total. The smallest absolute Gasteiger partial charge is 0.324 e. The fourth-order valence-corrected chi connectivity index (χ4v) is 2.10. The summed E-state index contributed by atoms with van der Waals surface area (Å²) in [7, 11) is 0. The van der Waals surface area contributed by atoms with Crippen LogP contribution in [0, 0.1) is 11.8 Å². The highest BCUT2D eigenvalue weighted by Crippen LogP contribution is 2.30. The van der Waals surface area contributed by atoms with E-state index in [-0.39, 0.29) is 23.6 Å². The van der Waals surface area contributed by atoms with Crippen LogP contribution in [0.2, 0.25) is 0 Å². The van der Waals surface area contributed by atoms with Crippen LogP contribution in [0.5, 0.6) is 0 Å². The monoisotopic (exact) mass is 316 g/mol. The summed E-state index contributed by atoms with van der Waals surface area (Å²) in [5, 5.41) is 2.55. The molecule has 22 heavy (non-hydrogen) atoms. The molecule has 1 aromatic rings. The van der Waals surface area contributed by atoms with Crippen LogP contribution in [0.1, 0.15) is 33.3 Å². The van der Waals surface area contributed by atoms with Crippen LogP contribution >= 0.6 is 0 Å². The molecule has 0 spiro atoms. The number of carbonyl (C=O) groups excluding carboxylic acids is 1. The lowest BCUT2D eigenvalue weighted by Crippen LogP contribution is -2.39. The second-order valence-corrected chi connectivity index (χ2v) is 6.20. The average molecular weight is 316 g/mol. The van der Waals surface area contributed by atoms with Gasteiger partial charge in [-0.15, -0.1) is 0 Å². The molecule has 2 amide bonds. The standard InChI is InChI=1S/C16H23F3N2O/c1-11(2)9-21(10-12(3)4)15(22)20-14-7-5-6-13(8-14)16(17,18)19/h5-8,11-12H,9-10H2,1-4H3,(H,20,22). The zero-order valence-corrected chi connectivity index (χ0v) is 13.4. The highest BCUT2D eigenvalue weighted by molar-refractivity contribution is 5.89. The van der Waals surface area contributed by atoms with Crippen molar-refractivity contribution in [1.82, 2.24) is 4.90 Å². The normalized spacial score (nSPS) is 11.9. The molecule has 0 fully saturated rings. The summed E-state index contributed by atoms with van der Waals surface area (Å²) in [6, 6.07) is 4.29. The van der Waals surface area contributed by atoms with Gasteiger partial charge in [-0.2, -0.15) is 13.2 Å². The first-order valence-corrected chi connectivity index (χ1v) is 7.32. The minimum absolute atomic E-state index is 0.150. The number of amides is 2. The summed E-state index contributed by atoms with van der Waals surface area (Å²) in [5.41, 5.74) is -0.623. The van der Waals surface area contributed by atoms with Crippen LogP contribution in [-0.4, -0.2) is 24.0 Å². The van der Waals surface area contributed by atoms with Crippen molar-refractivity contribution >= 4 is 11.7 Å². The van der Waals surface area contributed by atoms with Crippen molar-refractivity contribution in [2.24, 2.45) is 11.8 Å². The number of benzene rings is 1. The van der Waals surface area contributed by atoms with Crippen molar-refractivity contribution < 1.29 is 18.0 Å². The Kier molecular flexibility index (Phi) is 6.26. The fraction of sp³-hybridized carbons (Fsp3) is 0.562. The van der Waals surface area contributed by atoms with Gasteiger partial charge in [-0.3, -0.25) is 0 Å². The van der Waals surface area contributed by atoms with E-state index in [4.69, 9.17) is 0 Å². The van der Waals surface area contributed by atoms with E-state index in [1.807, 2.05) is 27.7 Å². The van der Waals surface area contributed by atoms with Crippen molar-refractivity contribution in [3.8, 4) is 0 Å². The fourth-order valence-electron chi connectivity index (χ4n) is 2.10. The first-order chi connectivity index (χ1) is 10.1. The molecular weight excluding hydrogens is 293 g/mol. The second kappa shape index (κ2) is 7.51. The highest BCUT2D eigenvalue weighted by Gasteiger charge is 2.30. The zero-order valence-electron chi connectivity index (χ0n) is 13.4. The molecule has 1 rings (SSSR count). The largest absolute Gasteiger partial charge is 0.416 e. The minimum Gasteiger partial charge on any atom is -0.324 e. The number of alkyl halides is 3. The number of hydrogen-bond donors (Lipinski definition) is 1. The van der Waals surface area contributed by atoms with Gasteiger partial charge in [0.1, 0.15) is 0 Å². The van der Waals surface area contributed by atoms with Gasteiger partial charge in [0.2, 0.25) is 0 Å². The van der Waals surface area contributed by atoms with Crippen LogP contribution in [-0.2, 0) is 6.18 Å². The molecule has 0 aliphatic carbocycles. The number of hydrogen-bond acceptors (Lipinski definition) is 1. The number of rotatable bonds is 5. The van der Waals surface area contributed by atoms with Gasteiger partial charge in [0.15, 0.2) is 0 Å². The maximum absolute atomic E-state index is 12.7. The second-order valence-electron chi connectivity index (χ2n) is 6.20. The molecule has 1 N–H and O–H groups in total. The third kappa shape index (κ3) is 5.95.